The van der Waals surface area contributed by atoms with Crippen LogP contribution in [-0.2, 0) is 20.9 Å². The molecule has 8 nitrogen and oxygen atoms in total. The molecule has 0 bridgehead atoms. The van der Waals surface area contributed by atoms with Gasteiger partial charge in [-0.15, -0.1) is 0 Å². The van der Waals surface area contributed by atoms with Gasteiger partial charge in [0.15, 0.2) is 0 Å². The molecule has 0 unspecified atom stereocenters. The number of hydrogen-bond donors (Lipinski definition) is 3. The fourth-order valence-electron chi connectivity index (χ4n) is 3.45. The lowest BCUT2D eigenvalue weighted by Gasteiger charge is -2.13. The highest BCUT2D eigenvalue weighted by Gasteiger charge is 2.16. The number of nitrogens with zero attached hydrogens (tertiary/aromatic N) is 1. The largest absolute Gasteiger partial charge is 0.489 e. The molecule has 0 aliphatic carbocycles. The van der Waals surface area contributed by atoms with E-state index < -0.39 is 6.04 Å². The van der Waals surface area contributed by atoms with Crippen LogP contribution in [0.25, 0.3) is 16.6 Å². The Bertz CT molecular complexity index is 1220. The van der Waals surface area contributed by atoms with Gasteiger partial charge in [-0.05, 0) is 44.5 Å². The number of esters is 1. The number of ether oxygens (including phenoxy) is 2. The van der Waals surface area contributed by atoms with E-state index >= 15 is 0 Å². The first kappa shape index (κ1) is 25.3. The summed E-state index contributed by atoms with van der Waals surface area (Å²) in [7, 11) is 1.37. The molecule has 9 heteroatoms. The number of methoxy groups -OCH3 is 1. The number of aromatic amines is 1. The van der Waals surface area contributed by atoms with Gasteiger partial charge in [-0.1, -0.05) is 36.4 Å². The summed E-state index contributed by atoms with van der Waals surface area (Å²) in [6, 6.07) is 10.6. The van der Waals surface area contributed by atoms with Crippen LogP contribution >= 0.6 is 11.6 Å². The van der Waals surface area contributed by atoms with Gasteiger partial charge in [0.05, 0.1) is 29.5 Å². The topological polar surface area (TPSA) is 111 Å². The number of rotatable bonds is 9. The van der Waals surface area contributed by atoms with E-state index in [9.17, 15) is 4.79 Å². The van der Waals surface area contributed by atoms with Crippen LogP contribution in [0, 0.1) is 0 Å². The molecule has 4 N–H and O–H groups in total. The molecule has 0 fully saturated rings. The van der Waals surface area contributed by atoms with Crippen LogP contribution in [0.1, 0.15) is 37.5 Å². The van der Waals surface area contributed by atoms with Crippen LogP contribution in [0.3, 0.4) is 0 Å². The van der Waals surface area contributed by atoms with E-state index in [0.717, 1.165) is 22.0 Å². The van der Waals surface area contributed by atoms with Gasteiger partial charge in [0.2, 0.25) is 5.90 Å². The van der Waals surface area contributed by atoms with Crippen molar-refractivity contribution >= 4 is 40.1 Å². The number of hydrogen-bond acceptors (Lipinski definition) is 7. The second-order valence-corrected chi connectivity index (χ2v) is 8.37. The summed E-state index contributed by atoms with van der Waals surface area (Å²) < 4.78 is 10.4. The van der Waals surface area contributed by atoms with Crippen molar-refractivity contribution in [2.24, 2.45) is 10.9 Å². The minimum atomic E-state index is -0.425. The van der Waals surface area contributed by atoms with Crippen LogP contribution < -0.4 is 16.0 Å². The highest BCUT2D eigenvalue weighted by atomic mass is 35.5. The van der Waals surface area contributed by atoms with Crippen molar-refractivity contribution in [1.82, 2.24) is 10.3 Å². The van der Waals surface area contributed by atoms with Crippen LogP contribution in [-0.4, -0.2) is 36.1 Å². The summed E-state index contributed by atoms with van der Waals surface area (Å²) in [5.74, 6) is 5.93. The number of carbonyl (C=O) groups is 1. The third-order valence-electron chi connectivity index (χ3n) is 5.16. The van der Waals surface area contributed by atoms with Gasteiger partial charge in [-0.3, -0.25) is 4.79 Å². The maximum absolute atomic E-state index is 11.7. The Kier molecular flexibility index (Phi) is 8.33. The number of aliphatic imine (C=N–C) groups is 1. The molecule has 0 aliphatic rings. The Balaban J connectivity index is 1.86. The molecule has 3 aromatic rings. The Morgan fingerprint density at radius 2 is 2.03 bits per heavy atom. The fraction of sp³-hybridized carbons (Fsp3) is 0.280. The molecule has 1 heterocycles. The summed E-state index contributed by atoms with van der Waals surface area (Å²) >= 11 is 6.35. The van der Waals surface area contributed by atoms with Gasteiger partial charge in [0.25, 0.3) is 0 Å². The van der Waals surface area contributed by atoms with Gasteiger partial charge in [-0.2, -0.15) is 5.90 Å². The molecule has 0 aliphatic heterocycles. The second kappa shape index (κ2) is 11.2. The molecule has 0 spiro atoms. The molecular weight excluding hydrogens is 456 g/mol. The average Bonchev–Trinajstić information content (AvgIpc) is 3.24. The molecule has 34 heavy (non-hydrogen) atoms. The van der Waals surface area contributed by atoms with Crippen molar-refractivity contribution in [2.45, 2.75) is 39.5 Å². The van der Waals surface area contributed by atoms with E-state index in [2.05, 4.69) is 21.9 Å². The molecule has 0 radical (unpaired) electrons. The molecule has 3 rings (SSSR count). The van der Waals surface area contributed by atoms with Gasteiger partial charge in [0.1, 0.15) is 11.8 Å². The number of halogens is 1. The number of nitrogens with two attached hydrogens (primary N) is 1. The molecule has 2 aromatic carbocycles. The zero-order valence-electron chi connectivity index (χ0n) is 19.6. The van der Waals surface area contributed by atoms with Gasteiger partial charge in [-0.25, -0.2) is 4.99 Å². The van der Waals surface area contributed by atoms with Crippen LogP contribution in [0.2, 0.25) is 5.02 Å². The molecule has 180 valence electrons. The van der Waals surface area contributed by atoms with Gasteiger partial charge in [0, 0.05) is 29.3 Å². The van der Waals surface area contributed by atoms with Crippen LogP contribution in [0.15, 0.2) is 54.2 Å². The lowest BCUT2D eigenvalue weighted by atomic mass is 10.1. The summed E-state index contributed by atoms with van der Waals surface area (Å²) in [6.45, 7) is 10.2. The summed E-state index contributed by atoms with van der Waals surface area (Å²) in [5, 5.41) is 4.56. The number of para-hydroxylation sites is 1. The van der Waals surface area contributed by atoms with Crippen molar-refractivity contribution in [1.29, 1.82) is 0 Å². The van der Waals surface area contributed by atoms with Crippen molar-refractivity contribution in [3.8, 4) is 5.75 Å². The smallest absolute Gasteiger partial charge is 0.322 e. The van der Waals surface area contributed by atoms with Crippen LogP contribution in [0.5, 0.6) is 5.75 Å². The van der Waals surface area contributed by atoms with E-state index in [1.807, 2.05) is 38.2 Å². The number of nitrogens with one attached hydrogen (secondary N) is 2. The average molecular weight is 485 g/mol. The minimum Gasteiger partial charge on any atom is -0.489 e. The molecule has 1 aromatic heterocycles. The Morgan fingerprint density at radius 1 is 1.26 bits per heavy atom. The summed E-state index contributed by atoms with van der Waals surface area (Å²) in [5.41, 5.74) is 3.67. The zero-order valence-corrected chi connectivity index (χ0v) is 20.4. The number of H-pyrrole nitrogens is 1. The standard InChI is InChI=1S/C25H29ClN4O4/c1-14(2)33-22-10-9-17(11-21(22)26)24(34-27)30-15(3)19-7-6-8-20-18(13-29-23(19)20)12-28-16(4)25(31)32-5/h6-11,13-14,16,28-29H,3,12,27H2,1-2,4-5H3/b30-24-/t16-/m1/s1. The third-order valence-corrected chi connectivity index (χ3v) is 5.45. The van der Waals surface area contributed by atoms with Crippen LogP contribution in [0.4, 0.5) is 0 Å². The monoisotopic (exact) mass is 484 g/mol. The third kappa shape index (κ3) is 5.77. The zero-order chi connectivity index (χ0) is 24.8. The first-order valence-corrected chi connectivity index (χ1v) is 11.1. The number of carbonyl (C=O) groups excluding carboxylic acids is 1. The van der Waals surface area contributed by atoms with E-state index in [-0.39, 0.29) is 18.0 Å². The Morgan fingerprint density at radius 3 is 2.68 bits per heavy atom. The highest BCUT2D eigenvalue weighted by Crippen LogP contribution is 2.29. The van der Waals surface area contributed by atoms with Gasteiger partial charge >= 0.3 is 5.97 Å². The van der Waals surface area contributed by atoms with E-state index in [1.165, 1.54) is 7.11 Å². The van der Waals surface area contributed by atoms with Gasteiger partial charge < -0.3 is 24.6 Å². The van der Waals surface area contributed by atoms with E-state index in [0.29, 0.717) is 28.6 Å². The van der Waals surface area contributed by atoms with Crippen molar-refractivity contribution in [3.05, 3.63) is 70.9 Å². The fourth-order valence-corrected chi connectivity index (χ4v) is 3.67. The number of fused-ring (bicyclic) bond motifs is 1. The maximum atomic E-state index is 11.7. The van der Waals surface area contributed by atoms with E-state index in [1.54, 1.807) is 25.1 Å². The summed E-state index contributed by atoms with van der Waals surface area (Å²) in [6.07, 6.45) is 1.88. The normalized spacial score (nSPS) is 12.6. The predicted octanol–water partition coefficient (Wildman–Crippen LogP) is 4.57. The lowest BCUT2D eigenvalue weighted by Crippen LogP contribution is -2.34. The number of aromatic nitrogens is 1. The Labute approximate surface area is 203 Å². The molecule has 0 saturated carbocycles. The molecule has 1 atom stereocenters. The first-order valence-electron chi connectivity index (χ1n) is 10.8. The van der Waals surface area contributed by atoms with Crippen molar-refractivity contribution in [2.75, 3.05) is 7.11 Å². The van der Waals surface area contributed by atoms with Crippen molar-refractivity contribution in [3.63, 3.8) is 0 Å². The molecule has 0 amide bonds. The quantitative estimate of drug-likeness (QED) is 0.177. The highest BCUT2D eigenvalue weighted by molar-refractivity contribution is 6.32. The molecule has 0 saturated heterocycles. The summed E-state index contributed by atoms with van der Waals surface area (Å²) in [4.78, 5) is 24.5. The predicted molar refractivity (Wildman–Crippen MR) is 135 cm³/mol. The SMILES string of the molecule is C=C(/N=C(\ON)c1ccc(OC(C)C)c(Cl)c1)c1cccc2c(CN[C@H](C)C(=O)OC)c[nH]c12. The lowest BCUT2D eigenvalue weighted by molar-refractivity contribution is -0.142. The maximum Gasteiger partial charge on any atom is 0.322 e. The Hall–Kier alpha value is -3.33. The minimum absolute atomic E-state index is 0.00734. The van der Waals surface area contributed by atoms with Crippen molar-refractivity contribution < 1.29 is 19.1 Å². The number of benzene rings is 2. The van der Waals surface area contributed by atoms with E-state index in [4.69, 9.17) is 31.8 Å². The molecular formula is C25H29ClN4O4. The first-order chi connectivity index (χ1) is 16.2. The second-order valence-electron chi connectivity index (χ2n) is 7.96.